The summed E-state index contributed by atoms with van der Waals surface area (Å²) in [7, 11) is 0. The molecule has 13 heavy (non-hydrogen) atoms. The van der Waals surface area contributed by atoms with Crippen LogP contribution < -0.4 is 0 Å². The van der Waals surface area contributed by atoms with Crippen LogP contribution in [0.25, 0.3) is 0 Å². The zero-order valence-electron chi connectivity index (χ0n) is 6.67. The van der Waals surface area contributed by atoms with Crippen molar-refractivity contribution in [3.05, 3.63) is 22.5 Å². The van der Waals surface area contributed by atoms with E-state index in [2.05, 4.69) is 4.98 Å². The van der Waals surface area contributed by atoms with E-state index in [4.69, 9.17) is 16.7 Å². The highest BCUT2D eigenvalue weighted by molar-refractivity contribution is 6.30. The Labute approximate surface area is 79.1 Å². The summed E-state index contributed by atoms with van der Waals surface area (Å²) in [6, 6.07) is 0. The standard InChI is InChI=1S/C8H8ClNO3/c9-6-4-1-2-8(13,7(11)12)5(4)3-10-6/h3,10,13H,1-2H2,(H,11,12). The van der Waals surface area contributed by atoms with E-state index in [1.165, 1.54) is 6.20 Å². The van der Waals surface area contributed by atoms with E-state index in [-0.39, 0.29) is 6.42 Å². The van der Waals surface area contributed by atoms with Gasteiger partial charge >= 0.3 is 5.97 Å². The Morgan fingerprint density at radius 1 is 1.69 bits per heavy atom. The van der Waals surface area contributed by atoms with Crippen molar-refractivity contribution in [3.8, 4) is 0 Å². The van der Waals surface area contributed by atoms with Gasteiger partial charge in [0.1, 0.15) is 5.15 Å². The summed E-state index contributed by atoms with van der Waals surface area (Å²) in [6.45, 7) is 0. The lowest BCUT2D eigenvalue weighted by molar-refractivity contribution is -0.159. The Kier molecular flexibility index (Phi) is 1.65. The number of aliphatic hydroxyl groups is 1. The van der Waals surface area contributed by atoms with Crippen molar-refractivity contribution in [1.29, 1.82) is 0 Å². The predicted molar refractivity (Wildman–Crippen MR) is 45.7 cm³/mol. The van der Waals surface area contributed by atoms with Gasteiger partial charge in [-0.15, -0.1) is 0 Å². The van der Waals surface area contributed by atoms with Crippen LogP contribution in [-0.2, 0) is 16.8 Å². The van der Waals surface area contributed by atoms with Crippen LogP contribution in [0, 0.1) is 0 Å². The summed E-state index contributed by atoms with van der Waals surface area (Å²) < 4.78 is 0. The minimum absolute atomic E-state index is 0.196. The maximum absolute atomic E-state index is 10.8. The van der Waals surface area contributed by atoms with Crippen LogP contribution in [0.15, 0.2) is 6.20 Å². The largest absolute Gasteiger partial charge is 0.479 e. The first kappa shape index (κ1) is 8.59. The number of halogens is 1. The fourth-order valence-corrected chi connectivity index (χ4v) is 1.95. The molecule has 1 aromatic heterocycles. The molecule has 0 fully saturated rings. The molecule has 1 aromatic rings. The van der Waals surface area contributed by atoms with Gasteiger partial charge in [-0.2, -0.15) is 0 Å². The van der Waals surface area contributed by atoms with E-state index in [9.17, 15) is 9.90 Å². The summed E-state index contributed by atoms with van der Waals surface area (Å²) in [5, 5.41) is 19.0. The zero-order chi connectivity index (χ0) is 9.64. The van der Waals surface area contributed by atoms with Gasteiger partial charge in [0.15, 0.2) is 5.60 Å². The molecule has 0 spiro atoms. The normalized spacial score (nSPS) is 26.0. The number of carbonyl (C=O) groups is 1. The topological polar surface area (TPSA) is 73.3 Å². The summed E-state index contributed by atoms with van der Waals surface area (Å²) >= 11 is 5.76. The Morgan fingerprint density at radius 2 is 2.38 bits per heavy atom. The molecule has 1 atom stereocenters. The first-order valence-corrected chi connectivity index (χ1v) is 4.25. The molecule has 0 saturated carbocycles. The summed E-state index contributed by atoms with van der Waals surface area (Å²) in [4.78, 5) is 13.5. The second kappa shape index (κ2) is 2.49. The number of rotatable bonds is 1. The number of hydrogen-bond acceptors (Lipinski definition) is 2. The highest BCUT2D eigenvalue weighted by Gasteiger charge is 2.45. The van der Waals surface area contributed by atoms with Gasteiger partial charge in [0.25, 0.3) is 0 Å². The van der Waals surface area contributed by atoms with Crippen LogP contribution in [0.4, 0.5) is 0 Å². The molecule has 1 aliphatic rings. The maximum atomic E-state index is 10.8. The third kappa shape index (κ3) is 0.990. The van der Waals surface area contributed by atoms with Gasteiger partial charge in [-0.1, -0.05) is 11.6 Å². The van der Waals surface area contributed by atoms with Crippen LogP contribution in [0.1, 0.15) is 17.5 Å². The van der Waals surface area contributed by atoms with E-state index in [0.29, 0.717) is 22.7 Å². The number of carboxylic acids is 1. The fraction of sp³-hybridized carbons (Fsp3) is 0.375. The molecule has 1 aliphatic carbocycles. The smallest absolute Gasteiger partial charge is 0.340 e. The van der Waals surface area contributed by atoms with Gasteiger partial charge in [0.05, 0.1) is 0 Å². The maximum Gasteiger partial charge on any atom is 0.340 e. The number of aromatic amines is 1. The van der Waals surface area contributed by atoms with Crippen LogP contribution >= 0.6 is 11.6 Å². The number of aliphatic carboxylic acids is 1. The van der Waals surface area contributed by atoms with Crippen LogP contribution in [0.5, 0.6) is 0 Å². The second-order valence-electron chi connectivity index (χ2n) is 3.16. The number of H-pyrrole nitrogens is 1. The molecule has 70 valence electrons. The Hall–Kier alpha value is -1.00. The van der Waals surface area contributed by atoms with Crippen LogP contribution in [0.3, 0.4) is 0 Å². The average Bonchev–Trinajstić information content (AvgIpc) is 2.57. The van der Waals surface area contributed by atoms with Gasteiger partial charge in [-0.05, 0) is 18.4 Å². The SMILES string of the molecule is O=C(O)C1(O)CCc2c1c[nH]c2Cl. The molecule has 0 radical (unpaired) electrons. The third-order valence-corrected chi connectivity index (χ3v) is 2.81. The van der Waals surface area contributed by atoms with Crippen molar-refractivity contribution in [3.63, 3.8) is 0 Å². The molecule has 5 heteroatoms. The Morgan fingerprint density at radius 3 is 3.00 bits per heavy atom. The van der Waals surface area contributed by atoms with Crippen molar-refractivity contribution < 1.29 is 15.0 Å². The summed E-state index contributed by atoms with van der Waals surface area (Å²) in [5.74, 6) is -1.22. The van der Waals surface area contributed by atoms with Crippen molar-refractivity contribution in [2.75, 3.05) is 0 Å². The molecule has 2 rings (SSSR count). The minimum atomic E-state index is -1.75. The van der Waals surface area contributed by atoms with Crippen molar-refractivity contribution in [2.24, 2.45) is 0 Å². The number of aromatic nitrogens is 1. The van der Waals surface area contributed by atoms with Crippen molar-refractivity contribution in [1.82, 2.24) is 4.98 Å². The highest BCUT2D eigenvalue weighted by Crippen LogP contribution is 2.40. The second-order valence-corrected chi connectivity index (χ2v) is 3.54. The van der Waals surface area contributed by atoms with Gasteiger partial charge in [-0.25, -0.2) is 4.79 Å². The lowest BCUT2D eigenvalue weighted by Crippen LogP contribution is -2.32. The minimum Gasteiger partial charge on any atom is -0.479 e. The number of fused-ring (bicyclic) bond motifs is 1. The molecular weight excluding hydrogens is 194 g/mol. The molecule has 4 nitrogen and oxygen atoms in total. The first-order valence-electron chi connectivity index (χ1n) is 3.87. The summed E-state index contributed by atoms with van der Waals surface area (Å²) in [6.07, 6.45) is 2.15. The molecule has 0 aliphatic heterocycles. The van der Waals surface area contributed by atoms with Gasteiger partial charge in [0, 0.05) is 11.8 Å². The average molecular weight is 202 g/mol. The van der Waals surface area contributed by atoms with Gasteiger partial charge in [0.2, 0.25) is 0 Å². The molecular formula is C8H8ClNO3. The molecule has 1 unspecified atom stereocenters. The van der Waals surface area contributed by atoms with Crippen molar-refractivity contribution in [2.45, 2.75) is 18.4 Å². The molecule has 0 saturated heterocycles. The fourth-order valence-electron chi connectivity index (χ4n) is 1.70. The van der Waals surface area contributed by atoms with E-state index in [0.717, 1.165) is 0 Å². The van der Waals surface area contributed by atoms with E-state index >= 15 is 0 Å². The molecule has 0 aromatic carbocycles. The van der Waals surface area contributed by atoms with E-state index in [1.807, 2.05) is 0 Å². The van der Waals surface area contributed by atoms with E-state index < -0.39 is 11.6 Å². The van der Waals surface area contributed by atoms with Gasteiger partial charge in [-0.3, -0.25) is 0 Å². The lowest BCUT2D eigenvalue weighted by atomic mass is 9.99. The van der Waals surface area contributed by atoms with Crippen LogP contribution in [0.2, 0.25) is 5.15 Å². The highest BCUT2D eigenvalue weighted by atomic mass is 35.5. The van der Waals surface area contributed by atoms with E-state index in [1.54, 1.807) is 0 Å². The predicted octanol–water partition coefficient (Wildman–Crippen LogP) is 0.887. The van der Waals surface area contributed by atoms with Gasteiger partial charge < -0.3 is 15.2 Å². The monoisotopic (exact) mass is 201 g/mol. The first-order chi connectivity index (χ1) is 6.05. The molecule has 1 heterocycles. The van der Waals surface area contributed by atoms with Crippen molar-refractivity contribution >= 4 is 17.6 Å². The Bertz CT molecular complexity index is 373. The van der Waals surface area contributed by atoms with Crippen LogP contribution in [-0.4, -0.2) is 21.2 Å². The molecule has 3 N–H and O–H groups in total. The number of nitrogens with one attached hydrogen (secondary N) is 1. The number of hydrogen-bond donors (Lipinski definition) is 3. The molecule has 0 amide bonds. The molecule has 0 bridgehead atoms. The summed E-state index contributed by atoms with van der Waals surface area (Å²) in [5.41, 5.74) is -0.643. The lowest BCUT2D eigenvalue weighted by Gasteiger charge is -2.16. The number of carboxylic acid groups (broad SMARTS) is 1. The third-order valence-electron chi connectivity index (χ3n) is 2.47. The Balaban J connectivity index is 2.55. The quantitative estimate of drug-likeness (QED) is 0.632. The zero-order valence-corrected chi connectivity index (χ0v) is 7.43.